The number of para-hydroxylation sites is 1. The average molecular weight is 452 g/mol. The monoisotopic (exact) mass is 451 g/mol. The number of carbonyl (C=O) groups is 1. The van der Waals surface area contributed by atoms with Crippen LogP contribution in [0.3, 0.4) is 0 Å². The lowest BCUT2D eigenvalue weighted by atomic mass is 9.91. The number of ether oxygens (including phenoxy) is 1. The average Bonchev–Trinajstić information content (AvgIpc) is 3.29. The standard InChI is InChI=1S/C28H25N3O3/c1-18-12-14-19(15-13-18)24-16-23(30-31(24)25(32)17-34-2)27-26(20-8-4-3-5-9-20)21-10-6-7-11-22(21)29-28(27)33/h3-15,24H,16-17H2,1-2H3,(H,29,33)/t24-/m0/s1. The van der Waals surface area contributed by atoms with Crippen molar-refractivity contribution in [1.82, 2.24) is 9.99 Å². The molecule has 0 fully saturated rings. The van der Waals surface area contributed by atoms with Crippen LogP contribution in [0.5, 0.6) is 0 Å². The Balaban J connectivity index is 1.71. The molecule has 0 aliphatic carbocycles. The number of carbonyl (C=O) groups excluding carboxylic acids is 1. The van der Waals surface area contributed by atoms with E-state index in [1.807, 2.05) is 85.8 Å². The fraction of sp³-hybridized carbons (Fsp3) is 0.179. The van der Waals surface area contributed by atoms with Gasteiger partial charge in [-0.1, -0.05) is 78.4 Å². The number of hydrazone groups is 1. The molecule has 6 heteroatoms. The third-order valence-electron chi connectivity index (χ3n) is 6.17. The first-order valence-corrected chi connectivity index (χ1v) is 11.2. The third kappa shape index (κ3) is 3.93. The van der Waals surface area contributed by atoms with E-state index in [0.29, 0.717) is 17.7 Å². The summed E-state index contributed by atoms with van der Waals surface area (Å²) in [6.07, 6.45) is 0.430. The number of rotatable bonds is 5. The van der Waals surface area contributed by atoms with Gasteiger partial charge >= 0.3 is 0 Å². The highest BCUT2D eigenvalue weighted by molar-refractivity contribution is 6.12. The number of aromatic amines is 1. The minimum atomic E-state index is -0.312. The molecule has 0 saturated heterocycles. The molecule has 1 N–H and O–H groups in total. The molecule has 5 rings (SSSR count). The van der Waals surface area contributed by atoms with Crippen LogP contribution >= 0.6 is 0 Å². The lowest BCUT2D eigenvalue weighted by molar-refractivity contribution is -0.137. The van der Waals surface area contributed by atoms with Crippen molar-refractivity contribution in [3.05, 3.63) is 106 Å². The third-order valence-corrected chi connectivity index (χ3v) is 6.17. The summed E-state index contributed by atoms with van der Waals surface area (Å²) in [5.41, 5.74) is 5.47. The van der Waals surface area contributed by atoms with Gasteiger partial charge in [0.05, 0.1) is 17.3 Å². The van der Waals surface area contributed by atoms with Crippen molar-refractivity contribution in [1.29, 1.82) is 0 Å². The molecule has 6 nitrogen and oxygen atoms in total. The number of hydrogen-bond donors (Lipinski definition) is 1. The zero-order valence-electron chi connectivity index (χ0n) is 19.1. The minimum Gasteiger partial charge on any atom is -0.375 e. The SMILES string of the molecule is COCC(=O)N1N=C(c2c(-c3ccccc3)c3ccccc3[nH]c2=O)C[C@H]1c1ccc(C)cc1. The van der Waals surface area contributed by atoms with Crippen molar-refractivity contribution >= 4 is 22.5 Å². The summed E-state index contributed by atoms with van der Waals surface area (Å²) in [5.74, 6) is -0.249. The van der Waals surface area contributed by atoms with Gasteiger partial charge in [0.15, 0.2) is 0 Å². The van der Waals surface area contributed by atoms with Crippen molar-refractivity contribution < 1.29 is 9.53 Å². The summed E-state index contributed by atoms with van der Waals surface area (Å²) in [4.78, 5) is 29.4. The van der Waals surface area contributed by atoms with E-state index in [0.717, 1.165) is 33.2 Å². The maximum absolute atomic E-state index is 13.4. The Hall–Kier alpha value is -4.03. The summed E-state index contributed by atoms with van der Waals surface area (Å²) in [5, 5.41) is 7.11. The Kier molecular flexibility index (Phi) is 5.82. The summed E-state index contributed by atoms with van der Waals surface area (Å²) >= 11 is 0. The zero-order valence-corrected chi connectivity index (χ0v) is 19.1. The van der Waals surface area contributed by atoms with Gasteiger partial charge < -0.3 is 9.72 Å². The van der Waals surface area contributed by atoms with Gasteiger partial charge in [-0.3, -0.25) is 9.59 Å². The van der Waals surface area contributed by atoms with Crippen molar-refractivity contribution in [2.75, 3.05) is 13.7 Å². The minimum absolute atomic E-state index is 0.0846. The lowest BCUT2D eigenvalue weighted by Crippen LogP contribution is -2.30. The van der Waals surface area contributed by atoms with Crippen LogP contribution in [-0.4, -0.2) is 35.3 Å². The molecule has 170 valence electrons. The second-order valence-electron chi connectivity index (χ2n) is 8.46. The van der Waals surface area contributed by atoms with E-state index in [-0.39, 0.29) is 24.1 Å². The van der Waals surface area contributed by atoms with Crippen LogP contribution in [0.25, 0.3) is 22.0 Å². The highest BCUT2D eigenvalue weighted by Gasteiger charge is 2.35. The number of pyridine rings is 1. The number of amides is 1. The van der Waals surface area contributed by atoms with Gasteiger partial charge in [0.25, 0.3) is 11.5 Å². The van der Waals surface area contributed by atoms with Gasteiger partial charge in [-0.25, -0.2) is 5.01 Å². The molecule has 0 saturated carbocycles. The van der Waals surface area contributed by atoms with E-state index in [9.17, 15) is 9.59 Å². The number of aromatic nitrogens is 1. The number of H-pyrrole nitrogens is 1. The normalized spacial score (nSPS) is 15.5. The Labute approximate surface area is 197 Å². The first-order chi connectivity index (χ1) is 16.6. The molecule has 0 radical (unpaired) electrons. The fourth-order valence-corrected chi connectivity index (χ4v) is 4.55. The molecule has 1 aliphatic heterocycles. The molecule has 1 atom stereocenters. The van der Waals surface area contributed by atoms with Gasteiger partial charge in [-0.05, 0) is 24.1 Å². The van der Waals surface area contributed by atoms with Gasteiger partial charge in [0, 0.05) is 30.0 Å². The van der Waals surface area contributed by atoms with Crippen molar-refractivity contribution in [2.45, 2.75) is 19.4 Å². The van der Waals surface area contributed by atoms with Gasteiger partial charge in [0.2, 0.25) is 0 Å². The van der Waals surface area contributed by atoms with E-state index < -0.39 is 0 Å². The molecule has 1 aliphatic rings. The second kappa shape index (κ2) is 9.08. The Morgan fingerprint density at radius 2 is 1.71 bits per heavy atom. The van der Waals surface area contributed by atoms with E-state index in [4.69, 9.17) is 9.84 Å². The Bertz CT molecular complexity index is 1440. The molecule has 3 aromatic carbocycles. The molecule has 0 spiro atoms. The van der Waals surface area contributed by atoms with Crippen molar-refractivity contribution in [3.63, 3.8) is 0 Å². The number of benzene rings is 3. The number of hydrogen-bond acceptors (Lipinski definition) is 4. The largest absolute Gasteiger partial charge is 0.375 e. The highest BCUT2D eigenvalue weighted by Crippen LogP contribution is 2.36. The number of aryl methyl sites for hydroxylation is 1. The van der Waals surface area contributed by atoms with E-state index >= 15 is 0 Å². The molecule has 2 heterocycles. The van der Waals surface area contributed by atoms with E-state index in [1.54, 1.807) is 0 Å². The van der Waals surface area contributed by atoms with E-state index in [2.05, 4.69) is 4.98 Å². The summed E-state index contributed by atoms with van der Waals surface area (Å²) in [6, 6.07) is 25.3. The fourth-order valence-electron chi connectivity index (χ4n) is 4.55. The molecule has 34 heavy (non-hydrogen) atoms. The maximum atomic E-state index is 13.4. The van der Waals surface area contributed by atoms with Crippen LogP contribution in [0.15, 0.2) is 88.8 Å². The van der Waals surface area contributed by atoms with Crippen LogP contribution in [0.2, 0.25) is 0 Å². The highest BCUT2D eigenvalue weighted by atomic mass is 16.5. The Morgan fingerprint density at radius 3 is 2.44 bits per heavy atom. The molecule has 0 unspecified atom stereocenters. The molecule has 0 bridgehead atoms. The van der Waals surface area contributed by atoms with Gasteiger partial charge in [-0.15, -0.1) is 0 Å². The number of nitrogens with one attached hydrogen (secondary N) is 1. The van der Waals surface area contributed by atoms with Crippen molar-refractivity contribution in [3.8, 4) is 11.1 Å². The summed E-state index contributed by atoms with van der Waals surface area (Å²) in [7, 11) is 1.49. The molecular weight excluding hydrogens is 426 g/mol. The number of methoxy groups -OCH3 is 1. The zero-order chi connectivity index (χ0) is 23.7. The van der Waals surface area contributed by atoms with Gasteiger partial charge in [0.1, 0.15) is 6.61 Å². The topological polar surface area (TPSA) is 74.8 Å². The molecule has 1 amide bonds. The van der Waals surface area contributed by atoms with Crippen LogP contribution < -0.4 is 5.56 Å². The van der Waals surface area contributed by atoms with Crippen LogP contribution in [0.1, 0.15) is 29.2 Å². The number of nitrogens with zero attached hydrogens (tertiary/aromatic N) is 2. The van der Waals surface area contributed by atoms with Crippen molar-refractivity contribution in [2.24, 2.45) is 5.10 Å². The maximum Gasteiger partial charge on any atom is 0.269 e. The first kappa shape index (κ1) is 21.8. The predicted molar refractivity (Wildman–Crippen MR) is 134 cm³/mol. The smallest absolute Gasteiger partial charge is 0.269 e. The van der Waals surface area contributed by atoms with Crippen LogP contribution in [0.4, 0.5) is 0 Å². The van der Waals surface area contributed by atoms with Crippen LogP contribution in [0, 0.1) is 6.92 Å². The number of fused-ring (bicyclic) bond motifs is 1. The summed E-state index contributed by atoms with van der Waals surface area (Å²) < 4.78 is 5.11. The Morgan fingerprint density at radius 1 is 1.00 bits per heavy atom. The lowest BCUT2D eigenvalue weighted by Gasteiger charge is -2.21. The molecular formula is C28H25N3O3. The first-order valence-electron chi connectivity index (χ1n) is 11.2. The second-order valence-corrected chi connectivity index (χ2v) is 8.46. The molecule has 4 aromatic rings. The van der Waals surface area contributed by atoms with E-state index in [1.165, 1.54) is 12.1 Å². The quantitative estimate of drug-likeness (QED) is 0.472. The summed E-state index contributed by atoms with van der Waals surface area (Å²) in [6.45, 7) is 1.94. The predicted octanol–water partition coefficient (Wildman–Crippen LogP) is 4.83. The van der Waals surface area contributed by atoms with Gasteiger partial charge in [-0.2, -0.15) is 5.10 Å². The van der Waals surface area contributed by atoms with Crippen LogP contribution in [-0.2, 0) is 9.53 Å². The molecule has 1 aromatic heterocycles.